The molecule has 7 rings (SSSR count). The van der Waals surface area contributed by atoms with E-state index in [2.05, 4.69) is 10.2 Å². The number of aromatic nitrogens is 2. The third-order valence-corrected chi connectivity index (χ3v) is 10.8. The molecule has 0 radical (unpaired) electrons. The molecule has 0 aliphatic carbocycles. The van der Waals surface area contributed by atoms with Crippen molar-refractivity contribution in [2.45, 2.75) is 96.7 Å². The van der Waals surface area contributed by atoms with E-state index in [1.54, 1.807) is 36.3 Å². The van der Waals surface area contributed by atoms with Gasteiger partial charge in [0.05, 0.1) is 29.0 Å². The van der Waals surface area contributed by atoms with Crippen LogP contribution in [0.25, 0.3) is 22.3 Å². The summed E-state index contributed by atoms with van der Waals surface area (Å²) in [6.45, 7) is 8.85. The summed E-state index contributed by atoms with van der Waals surface area (Å²) in [4.78, 5) is 64.6. The third kappa shape index (κ3) is 6.40. The van der Waals surface area contributed by atoms with Crippen LogP contribution in [0.2, 0.25) is 0 Å². The summed E-state index contributed by atoms with van der Waals surface area (Å²) >= 11 is 0. The number of nitrogens with zero attached hydrogens (tertiary/aromatic N) is 5. The molecule has 6 heterocycles. The summed E-state index contributed by atoms with van der Waals surface area (Å²) in [6.07, 6.45) is 4.06. The average Bonchev–Trinajstić information content (AvgIpc) is 3.48. The van der Waals surface area contributed by atoms with Gasteiger partial charge >= 0.3 is 18.2 Å². The summed E-state index contributed by atoms with van der Waals surface area (Å²) < 4.78 is 34.3. The van der Waals surface area contributed by atoms with Crippen LogP contribution in [-0.2, 0) is 39.6 Å². The van der Waals surface area contributed by atoms with E-state index < -0.39 is 35.1 Å². The number of likely N-dealkylation sites (tertiary alicyclic amines) is 2. The van der Waals surface area contributed by atoms with Crippen LogP contribution in [0, 0.1) is 5.82 Å². The summed E-state index contributed by atoms with van der Waals surface area (Å²) in [7, 11) is 3.81. The molecule has 0 spiro atoms. The second-order valence-electron chi connectivity index (χ2n) is 14.9. The number of rotatable bonds is 7. The summed E-state index contributed by atoms with van der Waals surface area (Å²) in [5, 5.41) is 3.24. The minimum absolute atomic E-state index is 0.0281. The van der Waals surface area contributed by atoms with E-state index in [0.717, 1.165) is 37.1 Å². The van der Waals surface area contributed by atoms with Crippen molar-refractivity contribution >= 4 is 29.1 Å². The number of nitrogens with one attached hydrogen (secondary N) is 1. The van der Waals surface area contributed by atoms with E-state index in [1.807, 2.05) is 19.0 Å². The number of esters is 1. The molecule has 2 amide bonds. The van der Waals surface area contributed by atoms with E-state index in [9.17, 15) is 19.2 Å². The van der Waals surface area contributed by atoms with Gasteiger partial charge < -0.3 is 38.8 Å². The molecule has 13 nitrogen and oxygen atoms in total. The highest BCUT2D eigenvalue weighted by molar-refractivity contribution is 5.91. The summed E-state index contributed by atoms with van der Waals surface area (Å²) in [5.41, 5.74) is 0.972. The van der Waals surface area contributed by atoms with Gasteiger partial charge in [0, 0.05) is 54.3 Å². The average molecular weight is 719 g/mol. The number of hydrogen-bond donors (Lipinski definition) is 1. The van der Waals surface area contributed by atoms with E-state index in [1.165, 1.54) is 31.4 Å². The quantitative estimate of drug-likeness (QED) is 0.264. The van der Waals surface area contributed by atoms with Gasteiger partial charge in [-0.25, -0.2) is 23.8 Å². The van der Waals surface area contributed by atoms with Crippen molar-refractivity contribution in [3.63, 3.8) is 0 Å². The fourth-order valence-electron chi connectivity index (χ4n) is 8.18. The van der Waals surface area contributed by atoms with Crippen LogP contribution in [0.4, 0.5) is 14.0 Å². The number of piperidine rings is 2. The molecule has 0 saturated carbocycles. The first-order chi connectivity index (χ1) is 24.9. The number of carbonyl (C=O) groups is 3. The Hall–Kier alpha value is -4.56. The fourth-order valence-corrected chi connectivity index (χ4v) is 8.18. The molecule has 2 aromatic heterocycles. The molecular weight excluding hydrogens is 671 g/mol. The van der Waals surface area contributed by atoms with Gasteiger partial charge in [-0.05, 0) is 90.8 Å². The molecule has 2 saturated heterocycles. The highest BCUT2D eigenvalue weighted by atomic mass is 19.1. The number of carbonyl (C=O) groups excluding carboxylic acids is 3. The molecule has 4 aliphatic heterocycles. The first kappa shape index (κ1) is 35.8. The molecule has 4 aliphatic rings. The van der Waals surface area contributed by atoms with Crippen molar-refractivity contribution in [2.75, 3.05) is 40.3 Å². The van der Waals surface area contributed by atoms with Gasteiger partial charge in [0.15, 0.2) is 11.6 Å². The van der Waals surface area contributed by atoms with Crippen LogP contribution >= 0.6 is 0 Å². The maximum Gasteiger partial charge on any atom is 0.415 e. The fraction of sp³-hybridized carbons (Fsp3) is 0.553. The molecule has 278 valence electrons. The Morgan fingerprint density at radius 2 is 1.81 bits per heavy atom. The zero-order valence-electron chi connectivity index (χ0n) is 30.6. The topological polar surface area (TPSA) is 136 Å². The minimum Gasteiger partial charge on any atom is -0.457 e. The first-order valence-electron chi connectivity index (χ1n) is 18.3. The molecule has 1 aromatic carbocycles. The maximum absolute atomic E-state index is 15.8. The molecule has 52 heavy (non-hydrogen) atoms. The Morgan fingerprint density at radius 3 is 2.48 bits per heavy atom. The molecular formula is C38H47FN6O7. The van der Waals surface area contributed by atoms with Crippen molar-refractivity contribution in [2.24, 2.45) is 0 Å². The Balaban J connectivity index is 1.23. The van der Waals surface area contributed by atoms with Crippen LogP contribution in [0.15, 0.2) is 23.0 Å². The maximum atomic E-state index is 15.8. The van der Waals surface area contributed by atoms with Crippen LogP contribution < -0.4 is 15.6 Å². The monoisotopic (exact) mass is 718 g/mol. The molecule has 2 fully saturated rings. The van der Waals surface area contributed by atoms with Crippen LogP contribution in [0.3, 0.4) is 0 Å². The number of halogens is 1. The predicted octanol–water partition coefficient (Wildman–Crippen LogP) is 4.87. The van der Waals surface area contributed by atoms with Crippen molar-refractivity contribution in [1.82, 2.24) is 29.6 Å². The number of amides is 2. The smallest absolute Gasteiger partial charge is 0.415 e. The van der Waals surface area contributed by atoms with Gasteiger partial charge in [-0.2, -0.15) is 0 Å². The van der Waals surface area contributed by atoms with E-state index in [0.29, 0.717) is 48.0 Å². The molecule has 14 heteroatoms. The first-order valence-corrected chi connectivity index (χ1v) is 18.3. The van der Waals surface area contributed by atoms with E-state index >= 15 is 4.39 Å². The lowest BCUT2D eigenvalue weighted by molar-refractivity contribution is -0.172. The van der Waals surface area contributed by atoms with E-state index in [-0.39, 0.29) is 42.5 Å². The second-order valence-corrected chi connectivity index (χ2v) is 14.9. The van der Waals surface area contributed by atoms with Gasteiger partial charge in [-0.1, -0.05) is 13.3 Å². The lowest BCUT2D eigenvalue weighted by Gasteiger charge is -2.39. The van der Waals surface area contributed by atoms with Gasteiger partial charge in [-0.15, -0.1) is 0 Å². The van der Waals surface area contributed by atoms with Gasteiger partial charge in [0.1, 0.15) is 6.61 Å². The van der Waals surface area contributed by atoms with Crippen molar-refractivity contribution in [3.05, 3.63) is 56.6 Å². The molecule has 0 bridgehead atoms. The third-order valence-electron chi connectivity index (χ3n) is 10.8. The Morgan fingerprint density at radius 1 is 1.08 bits per heavy atom. The number of fused-ring (bicyclic) bond motifs is 5. The molecule has 1 atom stereocenters. The highest BCUT2D eigenvalue weighted by Crippen LogP contribution is 2.43. The van der Waals surface area contributed by atoms with Crippen LogP contribution in [-0.4, -0.2) is 94.8 Å². The van der Waals surface area contributed by atoms with Crippen molar-refractivity contribution in [1.29, 1.82) is 0 Å². The van der Waals surface area contributed by atoms with Crippen LogP contribution in [0.1, 0.15) is 81.5 Å². The summed E-state index contributed by atoms with van der Waals surface area (Å²) in [5.74, 6) is -1.68. The van der Waals surface area contributed by atoms with Crippen LogP contribution in [0.5, 0.6) is 5.75 Å². The predicted molar refractivity (Wildman–Crippen MR) is 190 cm³/mol. The summed E-state index contributed by atoms with van der Waals surface area (Å²) in [6, 6.07) is 4.66. The minimum atomic E-state index is -1.85. The molecule has 3 aromatic rings. The Labute approximate surface area is 302 Å². The number of cyclic esters (lactones) is 1. The number of hydrogen-bond acceptors (Lipinski definition) is 10. The standard InChI is InChI=1S/C38H47FN6O7/c1-6-38(52-36(48)40-22(2)3)28-17-31-33-26(20-45(31)34(46)27(28)21-50-35(38)47)25(19-42(4)5)24-16-32(29(39)18-30(24)41-33)51-37(49)44-14-10-23(11-15-44)43-12-8-7-9-13-43/h16-18,22-23H,6-15,19-21H2,1-5H3,(H,40,48)/t38-/m0/s1. The number of pyridine rings is 2. The lowest BCUT2D eigenvalue weighted by Crippen LogP contribution is -2.49. The molecule has 1 N–H and O–H groups in total. The van der Waals surface area contributed by atoms with Crippen molar-refractivity contribution in [3.8, 4) is 17.1 Å². The largest absolute Gasteiger partial charge is 0.457 e. The number of alkyl carbamates (subject to hydrolysis) is 1. The highest BCUT2D eigenvalue weighted by Gasteiger charge is 2.50. The zero-order valence-corrected chi connectivity index (χ0v) is 30.6. The number of benzene rings is 1. The van der Waals surface area contributed by atoms with E-state index in [4.69, 9.17) is 19.2 Å². The number of ether oxygens (including phenoxy) is 3. The Bertz CT molecular complexity index is 1980. The SMILES string of the molecule is CC[C@@]1(OC(=O)NC(C)C)C(=O)OCc2c1cc1n(c2=O)Cc2c-1nc1cc(F)c(OC(=O)N3CCC(N4CCCCC4)CC3)cc1c2CN(C)C. The molecule has 0 unspecified atom stereocenters. The van der Waals surface area contributed by atoms with Gasteiger partial charge in [0.25, 0.3) is 5.56 Å². The van der Waals surface area contributed by atoms with Crippen molar-refractivity contribution < 1.29 is 33.0 Å². The van der Waals surface area contributed by atoms with Gasteiger partial charge in [-0.3, -0.25) is 4.79 Å². The Kier molecular flexibility index (Phi) is 9.72. The lowest BCUT2D eigenvalue weighted by atomic mass is 9.85. The zero-order chi connectivity index (χ0) is 36.9. The van der Waals surface area contributed by atoms with Gasteiger partial charge in [0.2, 0.25) is 5.60 Å². The normalized spacial score (nSPS) is 20.5. The second kappa shape index (κ2) is 14.1.